The third-order valence-electron chi connectivity index (χ3n) is 2.43. The molecular formula is C10H20ClN. The Morgan fingerprint density at radius 2 is 2.00 bits per heavy atom. The summed E-state index contributed by atoms with van der Waals surface area (Å²) < 4.78 is 0. The summed E-state index contributed by atoms with van der Waals surface area (Å²) in [4.78, 5) is 2.55. The fourth-order valence-corrected chi connectivity index (χ4v) is 1.67. The van der Waals surface area contributed by atoms with Crippen molar-refractivity contribution in [2.24, 2.45) is 5.92 Å². The van der Waals surface area contributed by atoms with E-state index in [4.69, 9.17) is 11.6 Å². The Labute approximate surface area is 81.1 Å². The van der Waals surface area contributed by atoms with E-state index in [1.165, 1.54) is 25.8 Å². The zero-order chi connectivity index (χ0) is 8.97. The molecule has 0 spiro atoms. The molecule has 0 bridgehead atoms. The summed E-state index contributed by atoms with van der Waals surface area (Å²) in [6.45, 7) is 6.89. The number of rotatable bonds is 6. The van der Waals surface area contributed by atoms with Crippen molar-refractivity contribution >= 4 is 11.6 Å². The van der Waals surface area contributed by atoms with Gasteiger partial charge in [0.25, 0.3) is 0 Å². The van der Waals surface area contributed by atoms with Crippen LogP contribution in [0, 0.1) is 5.92 Å². The molecule has 1 nitrogen and oxygen atoms in total. The van der Waals surface area contributed by atoms with Crippen LogP contribution in [-0.2, 0) is 0 Å². The van der Waals surface area contributed by atoms with Gasteiger partial charge in [-0.15, -0.1) is 11.6 Å². The van der Waals surface area contributed by atoms with E-state index in [9.17, 15) is 0 Å². The molecule has 0 heterocycles. The standard InChI is InChI=1S/C10H20ClN/c1-9(2)5-7-12(8-6-11)10-3-4-10/h9-10H,3-8H2,1-2H3. The lowest BCUT2D eigenvalue weighted by Crippen LogP contribution is -2.29. The van der Waals surface area contributed by atoms with Gasteiger partial charge in [0.05, 0.1) is 0 Å². The van der Waals surface area contributed by atoms with Crippen LogP contribution >= 0.6 is 11.6 Å². The number of alkyl halides is 1. The third-order valence-corrected chi connectivity index (χ3v) is 2.60. The maximum Gasteiger partial charge on any atom is 0.0351 e. The van der Waals surface area contributed by atoms with Crippen LogP contribution in [-0.4, -0.2) is 29.9 Å². The van der Waals surface area contributed by atoms with Gasteiger partial charge in [0.2, 0.25) is 0 Å². The minimum absolute atomic E-state index is 0.786. The van der Waals surface area contributed by atoms with Crippen LogP contribution in [0.4, 0.5) is 0 Å². The van der Waals surface area contributed by atoms with E-state index in [1.807, 2.05) is 0 Å². The molecule has 0 N–H and O–H groups in total. The first-order valence-electron chi connectivity index (χ1n) is 5.04. The van der Waals surface area contributed by atoms with E-state index in [0.29, 0.717) is 0 Å². The Hall–Kier alpha value is 0.250. The topological polar surface area (TPSA) is 3.24 Å². The normalized spacial score (nSPS) is 17.8. The van der Waals surface area contributed by atoms with Crippen molar-refractivity contribution < 1.29 is 0 Å². The van der Waals surface area contributed by atoms with Gasteiger partial charge in [0.1, 0.15) is 0 Å². The van der Waals surface area contributed by atoms with Crippen molar-refractivity contribution in [2.45, 2.75) is 39.2 Å². The molecule has 0 aromatic heterocycles. The van der Waals surface area contributed by atoms with Crippen molar-refractivity contribution in [2.75, 3.05) is 19.0 Å². The van der Waals surface area contributed by atoms with Gasteiger partial charge < -0.3 is 0 Å². The van der Waals surface area contributed by atoms with Crippen LogP contribution in [0.15, 0.2) is 0 Å². The lowest BCUT2D eigenvalue weighted by Gasteiger charge is -2.21. The van der Waals surface area contributed by atoms with E-state index < -0.39 is 0 Å². The minimum Gasteiger partial charge on any atom is -0.299 e. The zero-order valence-electron chi connectivity index (χ0n) is 8.22. The summed E-state index contributed by atoms with van der Waals surface area (Å²) in [5.74, 6) is 1.61. The predicted molar refractivity (Wildman–Crippen MR) is 54.8 cm³/mol. The second kappa shape index (κ2) is 5.08. The molecular weight excluding hydrogens is 170 g/mol. The van der Waals surface area contributed by atoms with Gasteiger partial charge in [0, 0.05) is 18.5 Å². The summed E-state index contributed by atoms with van der Waals surface area (Å²) in [5, 5.41) is 0. The summed E-state index contributed by atoms with van der Waals surface area (Å²) in [5.41, 5.74) is 0. The maximum absolute atomic E-state index is 5.74. The van der Waals surface area contributed by atoms with Crippen LogP contribution in [0.3, 0.4) is 0 Å². The molecule has 1 rings (SSSR count). The molecule has 0 unspecified atom stereocenters. The number of hydrogen-bond acceptors (Lipinski definition) is 1. The Bertz CT molecular complexity index is 121. The second-order valence-electron chi connectivity index (χ2n) is 4.14. The zero-order valence-corrected chi connectivity index (χ0v) is 8.98. The first-order chi connectivity index (χ1) is 5.74. The van der Waals surface area contributed by atoms with Gasteiger partial charge in [-0.05, 0) is 31.7 Å². The van der Waals surface area contributed by atoms with Gasteiger partial charge in [-0.2, -0.15) is 0 Å². The van der Waals surface area contributed by atoms with Gasteiger partial charge in [-0.3, -0.25) is 4.90 Å². The number of nitrogens with zero attached hydrogens (tertiary/aromatic N) is 1. The van der Waals surface area contributed by atoms with Crippen molar-refractivity contribution in [1.82, 2.24) is 4.90 Å². The monoisotopic (exact) mass is 189 g/mol. The Morgan fingerprint density at radius 3 is 2.42 bits per heavy atom. The molecule has 12 heavy (non-hydrogen) atoms. The smallest absolute Gasteiger partial charge is 0.0351 e. The average molecular weight is 190 g/mol. The van der Waals surface area contributed by atoms with E-state index in [-0.39, 0.29) is 0 Å². The Kier molecular flexibility index (Phi) is 4.38. The van der Waals surface area contributed by atoms with Crippen LogP contribution in [0.5, 0.6) is 0 Å². The molecule has 0 radical (unpaired) electrons. The van der Waals surface area contributed by atoms with E-state index in [0.717, 1.165) is 24.4 Å². The number of hydrogen-bond donors (Lipinski definition) is 0. The van der Waals surface area contributed by atoms with Crippen LogP contribution in [0.25, 0.3) is 0 Å². The highest BCUT2D eigenvalue weighted by atomic mass is 35.5. The lowest BCUT2D eigenvalue weighted by atomic mass is 10.1. The van der Waals surface area contributed by atoms with Crippen molar-refractivity contribution in [3.8, 4) is 0 Å². The molecule has 1 saturated carbocycles. The molecule has 0 saturated heterocycles. The first-order valence-corrected chi connectivity index (χ1v) is 5.57. The lowest BCUT2D eigenvalue weighted by molar-refractivity contribution is 0.262. The fraction of sp³-hybridized carbons (Fsp3) is 1.00. The molecule has 1 fully saturated rings. The molecule has 0 amide bonds. The highest BCUT2D eigenvalue weighted by molar-refractivity contribution is 6.18. The highest BCUT2D eigenvalue weighted by Crippen LogP contribution is 2.27. The molecule has 1 aliphatic rings. The van der Waals surface area contributed by atoms with Gasteiger partial charge in [0.15, 0.2) is 0 Å². The SMILES string of the molecule is CC(C)CCN(CCCl)C1CC1. The summed E-state index contributed by atoms with van der Waals surface area (Å²) in [6, 6.07) is 0.877. The Morgan fingerprint density at radius 1 is 1.33 bits per heavy atom. The van der Waals surface area contributed by atoms with Crippen molar-refractivity contribution in [1.29, 1.82) is 0 Å². The van der Waals surface area contributed by atoms with E-state index in [1.54, 1.807) is 0 Å². The second-order valence-corrected chi connectivity index (χ2v) is 4.52. The van der Waals surface area contributed by atoms with Crippen LogP contribution in [0.1, 0.15) is 33.1 Å². The fourth-order valence-electron chi connectivity index (χ4n) is 1.45. The Balaban J connectivity index is 2.13. The van der Waals surface area contributed by atoms with Crippen molar-refractivity contribution in [3.63, 3.8) is 0 Å². The number of halogens is 1. The minimum atomic E-state index is 0.786. The molecule has 0 aliphatic heterocycles. The maximum atomic E-state index is 5.74. The summed E-state index contributed by atoms with van der Waals surface area (Å²) >= 11 is 5.74. The average Bonchev–Trinajstić information content (AvgIpc) is 2.79. The summed E-state index contributed by atoms with van der Waals surface area (Å²) in [6.07, 6.45) is 4.11. The highest BCUT2D eigenvalue weighted by Gasteiger charge is 2.27. The first kappa shape index (κ1) is 10.3. The molecule has 2 heteroatoms. The largest absolute Gasteiger partial charge is 0.299 e. The molecule has 72 valence electrons. The molecule has 0 aromatic carbocycles. The van der Waals surface area contributed by atoms with Crippen molar-refractivity contribution in [3.05, 3.63) is 0 Å². The van der Waals surface area contributed by atoms with Gasteiger partial charge in [-0.1, -0.05) is 13.8 Å². The van der Waals surface area contributed by atoms with Gasteiger partial charge in [-0.25, -0.2) is 0 Å². The summed E-state index contributed by atoms with van der Waals surface area (Å²) in [7, 11) is 0. The third kappa shape index (κ3) is 3.77. The van der Waals surface area contributed by atoms with E-state index >= 15 is 0 Å². The van der Waals surface area contributed by atoms with Gasteiger partial charge >= 0.3 is 0 Å². The predicted octanol–water partition coefficient (Wildman–Crippen LogP) is 2.74. The van der Waals surface area contributed by atoms with Crippen LogP contribution in [0.2, 0.25) is 0 Å². The molecule has 0 aromatic rings. The van der Waals surface area contributed by atoms with Crippen LogP contribution < -0.4 is 0 Å². The van der Waals surface area contributed by atoms with E-state index in [2.05, 4.69) is 18.7 Å². The molecule has 0 atom stereocenters. The quantitative estimate of drug-likeness (QED) is 0.581. The molecule has 1 aliphatic carbocycles.